The average molecular weight is 236 g/mol. The molecule has 1 rings (SSSR count). The molecule has 0 saturated heterocycles. The molecule has 0 fully saturated rings. The Bertz CT molecular complexity index is 420. The van der Waals surface area contributed by atoms with Crippen molar-refractivity contribution in [3.05, 3.63) is 23.3 Å². The van der Waals surface area contributed by atoms with Gasteiger partial charge in [0, 0.05) is 5.41 Å². The summed E-state index contributed by atoms with van der Waals surface area (Å²) in [6.45, 7) is 7.02. The van der Waals surface area contributed by atoms with E-state index >= 15 is 0 Å². The molecule has 3 nitrogen and oxygen atoms in total. The van der Waals surface area contributed by atoms with Crippen LogP contribution in [-0.4, -0.2) is 33.6 Å². The van der Waals surface area contributed by atoms with Crippen molar-refractivity contribution in [2.24, 2.45) is 5.41 Å². The van der Waals surface area contributed by atoms with Gasteiger partial charge in [-0.15, -0.1) is 0 Å². The number of rotatable bonds is 1. The van der Waals surface area contributed by atoms with Crippen molar-refractivity contribution < 1.29 is 15.3 Å². The molecule has 17 heavy (non-hydrogen) atoms. The van der Waals surface area contributed by atoms with E-state index < -0.39 is 17.1 Å². The maximum atomic E-state index is 10.6. The Morgan fingerprint density at radius 3 is 2.53 bits per heavy atom. The van der Waals surface area contributed by atoms with E-state index in [1.807, 2.05) is 0 Å². The van der Waals surface area contributed by atoms with Crippen LogP contribution in [0.4, 0.5) is 0 Å². The van der Waals surface area contributed by atoms with Gasteiger partial charge in [0.2, 0.25) is 0 Å². The fourth-order valence-corrected chi connectivity index (χ4v) is 1.92. The Hall–Kier alpha value is -1.08. The quantitative estimate of drug-likeness (QED) is 0.470. The van der Waals surface area contributed by atoms with Crippen LogP contribution in [0.25, 0.3) is 0 Å². The van der Waals surface area contributed by atoms with Crippen LogP contribution >= 0.6 is 0 Å². The third-order valence-electron chi connectivity index (χ3n) is 3.49. The normalized spacial score (nSPS) is 31.8. The average Bonchev–Trinajstić information content (AvgIpc) is 2.38. The summed E-state index contributed by atoms with van der Waals surface area (Å²) in [7, 11) is 0. The zero-order valence-corrected chi connectivity index (χ0v) is 10.8. The van der Waals surface area contributed by atoms with Crippen LogP contribution in [0.1, 0.15) is 27.7 Å². The topological polar surface area (TPSA) is 60.7 Å². The highest BCUT2D eigenvalue weighted by atomic mass is 16.3. The lowest BCUT2D eigenvalue weighted by Gasteiger charge is -2.36. The molecule has 0 radical (unpaired) electrons. The van der Waals surface area contributed by atoms with E-state index in [0.29, 0.717) is 11.1 Å². The first-order valence-corrected chi connectivity index (χ1v) is 5.66. The second-order valence-corrected chi connectivity index (χ2v) is 5.05. The number of aliphatic hydroxyl groups excluding tert-OH is 2. The number of hydrogen-bond acceptors (Lipinski definition) is 3. The summed E-state index contributed by atoms with van der Waals surface area (Å²) in [5.74, 6) is 5.63. The van der Waals surface area contributed by atoms with Gasteiger partial charge in [0.15, 0.2) is 5.60 Å². The van der Waals surface area contributed by atoms with Crippen molar-refractivity contribution in [1.82, 2.24) is 0 Å². The molecule has 0 spiro atoms. The van der Waals surface area contributed by atoms with Crippen LogP contribution in [0.3, 0.4) is 0 Å². The predicted octanol–water partition coefficient (Wildman–Crippen LogP) is 1.01. The Labute approximate surface area is 102 Å². The number of aliphatic hydroxyl groups is 3. The van der Waals surface area contributed by atoms with Crippen molar-refractivity contribution >= 4 is 0 Å². The van der Waals surface area contributed by atoms with Gasteiger partial charge in [-0.1, -0.05) is 31.8 Å². The fourth-order valence-electron chi connectivity index (χ4n) is 1.92. The largest absolute Gasteiger partial charge is 0.392 e. The van der Waals surface area contributed by atoms with Crippen LogP contribution in [0.2, 0.25) is 0 Å². The van der Waals surface area contributed by atoms with E-state index in [2.05, 4.69) is 11.8 Å². The molecule has 0 aromatic rings. The lowest BCUT2D eigenvalue weighted by atomic mass is 9.74. The number of allylic oxidation sites excluding steroid dienone is 1. The van der Waals surface area contributed by atoms with Crippen molar-refractivity contribution in [2.45, 2.75) is 39.4 Å². The van der Waals surface area contributed by atoms with Crippen LogP contribution < -0.4 is 0 Å². The molecule has 0 amide bonds. The minimum Gasteiger partial charge on any atom is -0.392 e. The van der Waals surface area contributed by atoms with Crippen LogP contribution in [-0.2, 0) is 0 Å². The third-order valence-corrected chi connectivity index (χ3v) is 3.49. The number of hydrogen-bond donors (Lipinski definition) is 3. The second-order valence-electron chi connectivity index (χ2n) is 5.05. The minimum atomic E-state index is -1.32. The molecule has 2 unspecified atom stereocenters. The molecule has 0 bridgehead atoms. The van der Waals surface area contributed by atoms with Gasteiger partial charge in [-0.05, 0) is 31.1 Å². The Kier molecular flexibility index (Phi) is 3.83. The summed E-state index contributed by atoms with van der Waals surface area (Å²) in [5.41, 5.74) is -0.689. The van der Waals surface area contributed by atoms with Crippen molar-refractivity contribution in [3.8, 4) is 11.8 Å². The van der Waals surface area contributed by atoms with Crippen LogP contribution in [0, 0.1) is 17.3 Å². The summed E-state index contributed by atoms with van der Waals surface area (Å²) in [6.07, 6.45) is 2.51. The highest BCUT2D eigenvalue weighted by Crippen LogP contribution is 2.45. The van der Waals surface area contributed by atoms with E-state index in [4.69, 9.17) is 5.11 Å². The second kappa shape index (κ2) is 4.66. The summed E-state index contributed by atoms with van der Waals surface area (Å²) in [6, 6.07) is 0. The lowest BCUT2D eigenvalue weighted by molar-refractivity contribution is -0.0301. The Morgan fingerprint density at radius 2 is 2.12 bits per heavy atom. The summed E-state index contributed by atoms with van der Waals surface area (Å²) < 4.78 is 0. The molecule has 0 aromatic carbocycles. The van der Waals surface area contributed by atoms with Crippen LogP contribution in [0.5, 0.6) is 0 Å². The Morgan fingerprint density at radius 1 is 1.53 bits per heavy atom. The van der Waals surface area contributed by atoms with Gasteiger partial charge in [-0.25, -0.2) is 0 Å². The highest BCUT2D eigenvalue weighted by molar-refractivity contribution is 5.44. The first kappa shape index (κ1) is 14.0. The molecule has 2 atom stereocenters. The molecular weight excluding hydrogens is 216 g/mol. The molecule has 0 saturated carbocycles. The van der Waals surface area contributed by atoms with E-state index in [9.17, 15) is 10.2 Å². The predicted molar refractivity (Wildman–Crippen MR) is 67.1 cm³/mol. The maximum absolute atomic E-state index is 10.6. The van der Waals surface area contributed by atoms with E-state index in [1.54, 1.807) is 39.8 Å². The molecule has 1 aliphatic rings. The van der Waals surface area contributed by atoms with Gasteiger partial charge < -0.3 is 15.3 Å². The van der Waals surface area contributed by atoms with E-state index in [0.717, 1.165) is 0 Å². The van der Waals surface area contributed by atoms with E-state index in [-0.39, 0.29) is 6.61 Å². The monoisotopic (exact) mass is 236 g/mol. The molecule has 3 heteroatoms. The SMILES string of the molecule is CC(C#CC1(O)C(C)=CC(O)C1(C)C)=CCO. The first-order valence-electron chi connectivity index (χ1n) is 5.66. The molecule has 94 valence electrons. The smallest absolute Gasteiger partial charge is 0.154 e. The van der Waals surface area contributed by atoms with Crippen molar-refractivity contribution in [3.63, 3.8) is 0 Å². The standard InChI is InChI=1S/C14H20O3/c1-10(6-8-15)5-7-14(17)11(2)9-12(16)13(14,3)4/h6,9,12,15-17H,8H2,1-4H3. The third kappa shape index (κ3) is 2.30. The van der Waals surface area contributed by atoms with Crippen LogP contribution in [0.15, 0.2) is 23.3 Å². The summed E-state index contributed by atoms with van der Waals surface area (Å²) >= 11 is 0. The minimum absolute atomic E-state index is 0.0697. The van der Waals surface area contributed by atoms with Crippen molar-refractivity contribution in [1.29, 1.82) is 0 Å². The summed E-state index contributed by atoms with van der Waals surface area (Å²) in [5, 5.41) is 29.2. The molecule has 3 N–H and O–H groups in total. The van der Waals surface area contributed by atoms with Gasteiger partial charge in [0.25, 0.3) is 0 Å². The van der Waals surface area contributed by atoms with E-state index in [1.165, 1.54) is 0 Å². The zero-order valence-electron chi connectivity index (χ0n) is 10.8. The first-order chi connectivity index (χ1) is 7.75. The molecule has 1 aliphatic carbocycles. The maximum Gasteiger partial charge on any atom is 0.154 e. The molecule has 0 aromatic heterocycles. The molecular formula is C14H20O3. The van der Waals surface area contributed by atoms with Crippen molar-refractivity contribution in [2.75, 3.05) is 6.61 Å². The summed E-state index contributed by atoms with van der Waals surface area (Å²) in [4.78, 5) is 0. The Balaban J connectivity index is 3.11. The van der Waals surface area contributed by atoms with Gasteiger partial charge in [-0.2, -0.15) is 0 Å². The lowest BCUT2D eigenvalue weighted by Crippen LogP contribution is -2.46. The van der Waals surface area contributed by atoms with Gasteiger partial charge >= 0.3 is 0 Å². The molecule has 0 aliphatic heterocycles. The fraction of sp³-hybridized carbons (Fsp3) is 0.571. The van der Waals surface area contributed by atoms with Gasteiger partial charge in [0.1, 0.15) is 0 Å². The van der Waals surface area contributed by atoms with Gasteiger partial charge in [0.05, 0.1) is 12.7 Å². The zero-order chi connectivity index (χ0) is 13.3. The highest BCUT2D eigenvalue weighted by Gasteiger charge is 2.52. The van der Waals surface area contributed by atoms with Gasteiger partial charge in [-0.3, -0.25) is 0 Å². The molecule has 0 heterocycles.